The normalized spacial score (nSPS) is 17.1. The number of carboxylic acids is 1. The number of carboxylic acid groups (broad SMARTS) is 1. The van der Waals surface area contributed by atoms with Crippen molar-refractivity contribution in [3.05, 3.63) is 0 Å². The zero-order valence-corrected chi connectivity index (χ0v) is 11.5. The van der Waals surface area contributed by atoms with Crippen molar-refractivity contribution in [1.29, 1.82) is 0 Å². The molecule has 1 fully saturated rings. The van der Waals surface area contributed by atoms with Crippen LogP contribution in [0, 0.1) is 5.92 Å². The van der Waals surface area contributed by atoms with Crippen molar-refractivity contribution < 1.29 is 14.6 Å². The maximum Gasteiger partial charge on any atom is 0.320 e. The highest BCUT2D eigenvalue weighted by Crippen LogP contribution is 2.28. The van der Waals surface area contributed by atoms with Crippen molar-refractivity contribution in [3.8, 4) is 0 Å². The molecule has 0 heterocycles. The Bertz CT molecular complexity index is 244. The molecule has 1 aliphatic rings. The predicted octanol–water partition coefficient (Wildman–Crippen LogP) is 0.798. The van der Waals surface area contributed by atoms with E-state index < -0.39 is 12.0 Å². The third-order valence-corrected chi connectivity index (χ3v) is 3.22. The standard InChI is InChI=1S/C13H26N2O3/c1-3-14-12(13(16)17)6-7-15(2)8-9-18-10-11-4-5-11/h11-12,14H,3-10H2,1-2H3,(H,16,17). The Morgan fingerprint density at radius 1 is 1.50 bits per heavy atom. The van der Waals surface area contributed by atoms with E-state index >= 15 is 0 Å². The molecular formula is C13H26N2O3. The molecule has 1 saturated carbocycles. The van der Waals surface area contributed by atoms with E-state index in [4.69, 9.17) is 9.84 Å². The van der Waals surface area contributed by atoms with E-state index in [2.05, 4.69) is 10.2 Å². The molecule has 0 spiro atoms. The van der Waals surface area contributed by atoms with Crippen LogP contribution in [0.4, 0.5) is 0 Å². The second-order valence-corrected chi connectivity index (χ2v) is 5.06. The largest absolute Gasteiger partial charge is 0.480 e. The third-order valence-electron chi connectivity index (χ3n) is 3.22. The molecule has 0 amide bonds. The Hall–Kier alpha value is -0.650. The van der Waals surface area contributed by atoms with Gasteiger partial charge in [0.05, 0.1) is 6.61 Å². The molecule has 5 heteroatoms. The van der Waals surface area contributed by atoms with Crippen molar-refractivity contribution in [1.82, 2.24) is 10.2 Å². The first-order valence-corrected chi connectivity index (χ1v) is 6.86. The van der Waals surface area contributed by atoms with Gasteiger partial charge in [0.25, 0.3) is 0 Å². The monoisotopic (exact) mass is 258 g/mol. The SMILES string of the molecule is CCNC(CCN(C)CCOCC1CC1)C(=O)O. The molecule has 0 aliphatic heterocycles. The van der Waals surface area contributed by atoms with Gasteiger partial charge in [-0.2, -0.15) is 0 Å². The highest BCUT2D eigenvalue weighted by atomic mass is 16.5. The lowest BCUT2D eigenvalue weighted by Gasteiger charge is -2.19. The average Bonchev–Trinajstić information content (AvgIpc) is 3.13. The zero-order valence-electron chi connectivity index (χ0n) is 11.5. The number of hydrogen-bond donors (Lipinski definition) is 2. The number of aliphatic carboxylic acids is 1. The van der Waals surface area contributed by atoms with Crippen LogP contribution in [0.15, 0.2) is 0 Å². The van der Waals surface area contributed by atoms with Crippen molar-refractivity contribution in [2.75, 3.05) is 39.9 Å². The highest BCUT2D eigenvalue weighted by molar-refractivity contribution is 5.73. The second-order valence-electron chi connectivity index (χ2n) is 5.06. The van der Waals surface area contributed by atoms with Crippen LogP contribution < -0.4 is 5.32 Å². The number of ether oxygens (including phenoxy) is 1. The van der Waals surface area contributed by atoms with Gasteiger partial charge >= 0.3 is 5.97 Å². The molecule has 106 valence electrons. The van der Waals surface area contributed by atoms with Crippen LogP contribution in [0.5, 0.6) is 0 Å². The Balaban J connectivity index is 2.02. The van der Waals surface area contributed by atoms with Crippen LogP contribution in [0.1, 0.15) is 26.2 Å². The maximum absolute atomic E-state index is 10.9. The average molecular weight is 258 g/mol. The fourth-order valence-electron chi connectivity index (χ4n) is 1.78. The number of hydrogen-bond acceptors (Lipinski definition) is 4. The molecule has 0 saturated heterocycles. The molecular weight excluding hydrogens is 232 g/mol. The van der Waals surface area contributed by atoms with Crippen molar-refractivity contribution >= 4 is 5.97 Å². The molecule has 0 bridgehead atoms. The van der Waals surface area contributed by atoms with Crippen molar-refractivity contribution in [2.45, 2.75) is 32.2 Å². The Labute approximate surface area is 109 Å². The van der Waals surface area contributed by atoms with Crippen LogP contribution in [0.2, 0.25) is 0 Å². The van der Waals surface area contributed by atoms with Gasteiger partial charge in [0.2, 0.25) is 0 Å². The minimum Gasteiger partial charge on any atom is -0.480 e. The van der Waals surface area contributed by atoms with E-state index in [1.807, 2.05) is 14.0 Å². The molecule has 0 radical (unpaired) electrons. The Morgan fingerprint density at radius 3 is 2.78 bits per heavy atom. The molecule has 18 heavy (non-hydrogen) atoms. The van der Waals surface area contributed by atoms with Crippen LogP contribution >= 0.6 is 0 Å². The van der Waals surface area contributed by atoms with E-state index in [1.54, 1.807) is 0 Å². The number of carbonyl (C=O) groups is 1. The summed E-state index contributed by atoms with van der Waals surface area (Å²) in [5.41, 5.74) is 0. The molecule has 1 atom stereocenters. The molecule has 1 unspecified atom stereocenters. The van der Waals surface area contributed by atoms with Gasteiger partial charge in [-0.15, -0.1) is 0 Å². The molecule has 0 aromatic carbocycles. The first kappa shape index (κ1) is 15.4. The summed E-state index contributed by atoms with van der Waals surface area (Å²) in [4.78, 5) is 13.1. The molecule has 0 aromatic heterocycles. The number of likely N-dealkylation sites (N-methyl/N-ethyl adjacent to an activating group) is 2. The molecule has 1 rings (SSSR count). The highest BCUT2D eigenvalue weighted by Gasteiger charge is 2.21. The minimum atomic E-state index is -0.768. The van der Waals surface area contributed by atoms with Gasteiger partial charge < -0.3 is 20.1 Å². The van der Waals surface area contributed by atoms with E-state index in [0.29, 0.717) is 13.0 Å². The summed E-state index contributed by atoms with van der Waals surface area (Å²) in [6, 6.07) is -0.440. The zero-order chi connectivity index (χ0) is 13.4. The van der Waals surface area contributed by atoms with Gasteiger partial charge in [-0.25, -0.2) is 0 Å². The smallest absolute Gasteiger partial charge is 0.320 e. The molecule has 2 N–H and O–H groups in total. The van der Waals surface area contributed by atoms with E-state index in [-0.39, 0.29) is 0 Å². The van der Waals surface area contributed by atoms with E-state index in [9.17, 15) is 4.79 Å². The summed E-state index contributed by atoms with van der Waals surface area (Å²) in [6.07, 6.45) is 3.26. The van der Waals surface area contributed by atoms with Gasteiger partial charge in [0.1, 0.15) is 6.04 Å². The molecule has 1 aliphatic carbocycles. The summed E-state index contributed by atoms with van der Waals surface area (Å²) in [5.74, 6) is 0.0377. The lowest BCUT2D eigenvalue weighted by atomic mass is 10.2. The van der Waals surface area contributed by atoms with E-state index in [0.717, 1.165) is 32.2 Å². The summed E-state index contributed by atoms with van der Waals surface area (Å²) in [7, 11) is 2.01. The summed E-state index contributed by atoms with van der Waals surface area (Å²) in [6.45, 7) is 5.88. The number of rotatable bonds is 11. The molecule has 5 nitrogen and oxygen atoms in total. The predicted molar refractivity (Wildman–Crippen MR) is 70.8 cm³/mol. The fourth-order valence-corrected chi connectivity index (χ4v) is 1.78. The Kier molecular flexibility index (Phi) is 7.23. The van der Waals surface area contributed by atoms with Crippen LogP contribution in [0.25, 0.3) is 0 Å². The van der Waals surface area contributed by atoms with Gasteiger partial charge in [-0.05, 0) is 45.3 Å². The fraction of sp³-hybridized carbons (Fsp3) is 0.923. The summed E-state index contributed by atoms with van der Waals surface area (Å²) in [5, 5.41) is 12.0. The van der Waals surface area contributed by atoms with Gasteiger partial charge in [0.15, 0.2) is 0 Å². The summed E-state index contributed by atoms with van der Waals surface area (Å²) >= 11 is 0. The second kappa shape index (κ2) is 8.45. The minimum absolute atomic E-state index is 0.440. The molecule has 0 aromatic rings. The number of nitrogens with zero attached hydrogens (tertiary/aromatic N) is 1. The lowest BCUT2D eigenvalue weighted by molar-refractivity contribution is -0.139. The topological polar surface area (TPSA) is 61.8 Å². The van der Waals surface area contributed by atoms with Crippen LogP contribution in [0.3, 0.4) is 0 Å². The van der Waals surface area contributed by atoms with Crippen molar-refractivity contribution in [3.63, 3.8) is 0 Å². The lowest BCUT2D eigenvalue weighted by Crippen LogP contribution is -2.39. The first-order valence-electron chi connectivity index (χ1n) is 6.86. The maximum atomic E-state index is 10.9. The third kappa shape index (κ3) is 6.93. The van der Waals surface area contributed by atoms with Crippen LogP contribution in [-0.2, 0) is 9.53 Å². The van der Waals surface area contributed by atoms with Gasteiger partial charge in [-0.1, -0.05) is 6.92 Å². The number of nitrogens with one attached hydrogen (secondary N) is 1. The van der Waals surface area contributed by atoms with Gasteiger partial charge in [-0.3, -0.25) is 4.79 Å². The summed E-state index contributed by atoms with van der Waals surface area (Å²) < 4.78 is 5.56. The quantitative estimate of drug-likeness (QED) is 0.537. The van der Waals surface area contributed by atoms with Gasteiger partial charge in [0, 0.05) is 13.2 Å². The Morgan fingerprint density at radius 2 is 2.22 bits per heavy atom. The van der Waals surface area contributed by atoms with Crippen molar-refractivity contribution in [2.24, 2.45) is 5.92 Å². The first-order chi connectivity index (χ1) is 8.63. The van der Waals surface area contributed by atoms with E-state index in [1.165, 1.54) is 12.8 Å². The van der Waals surface area contributed by atoms with Crippen LogP contribution in [-0.4, -0.2) is 61.9 Å².